The van der Waals surface area contributed by atoms with Gasteiger partial charge in [-0.2, -0.15) is 14.9 Å². The number of aryl methyl sites for hydroxylation is 2. The van der Waals surface area contributed by atoms with Crippen LogP contribution in [0, 0.1) is 11.3 Å². The molecule has 0 aromatic carbocycles. The summed E-state index contributed by atoms with van der Waals surface area (Å²) < 4.78 is 1.93. The number of piperidine rings is 1. The summed E-state index contributed by atoms with van der Waals surface area (Å²) in [6.45, 7) is 8.23. The van der Waals surface area contributed by atoms with E-state index >= 15 is 0 Å². The third kappa shape index (κ3) is 3.65. The van der Waals surface area contributed by atoms with Crippen molar-refractivity contribution in [2.45, 2.75) is 70.6 Å². The van der Waals surface area contributed by atoms with Crippen molar-refractivity contribution in [3.05, 3.63) is 46.5 Å². The summed E-state index contributed by atoms with van der Waals surface area (Å²) in [4.78, 5) is 7.22. The summed E-state index contributed by atoms with van der Waals surface area (Å²) in [6.07, 6.45) is 6.36. The average Bonchev–Trinajstić information content (AvgIpc) is 3.21. The van der Waals surface area contributed by atoms with Crippen LogP contribution in [0.3, 0.4) is 0 Å². The van der Waals surface area contributed by atoms with Crippen LogP contribution in [0.15, 0.2) is 18.2 Å². The predicted molar refractivity (Wildman–Crippen MR) is 119 cm³/mol. The first kappa shape index (κ1) is 19.9. The van der Waals surface area contributed by atoms with Crippen molar-refractivity contribution in [2.24, 2.45) is 0 Å². The van der Waals surface area contributed by atoms with Gasteiger partial charge < -0.3 is 4.90 Å². The fourth-order valence-corrected chi connectivity index (χ4v) is 4.76. The summed E-state index contributed by atoms with van der Waals surface area (Å²) in [6, 6.07) is 8.51. The SMILES string of the molecule is CC(C)(C)c1ccc2nnc(C3CCN(c4nc5c(cc4C#N)CCCC5)CC3)n2n1. The number of anilines is 1. The number of hydrogen-bond acceptors (Lipinski definition) is 6. The second-order valence-corrected chi connectivity index (χ2v) is 9.84. The Kier molecular flexibility index (Phi) is 4.88. The Bertz CT molecular complexity index is 1160. The number of pyridine rings is 1. The van der Waals surface area contributed by atoms with Gasteiger partial charge in [-0.15, -0.1) is 10.2 Å². The molecule has 31 heavy (non-hydrogen) atoms. The normalized spacial score (nSPS) is 17.5. The molecule has 7 nitrogen and oxygen atoms in total. The molecule has 4 heterocycles. The number of hydrogen-bond donors (Lipinski definition) is 0. The molecule has 0 unspecified atom stereocenters. The number of fused-ring (bicyclic) bond motifs is 2. The average molecular weight is 416 g/mol. The number of rotatable bonds is 2. The minimum absolute atomic E-state index is 0.0229. The molecule has 1 aliphatic heterocycles. The highest BCUT2D eigenvalue weighted by Crippen LogP contribution is 2.32. The minimum Gasteiger partial charge on any atom is -0.355 e. The molecule has 0 saturated carbocycles. The van der Waals surface area contributed by atoms with Gasteiger partial charge in [-0.1, -0.05) is 20.8 Å². The molecular formula is C24H29N7. The van der Waals surface area contributed by atoms with Crippen LogP contribution in [0.2, 0.25) is 0 Å². The van der Waals surface area contributed by atoms with Crippen molar-refractivity contribution in [3.63, 3.8) is 0 Å². The fourth-order valence-electron chi connectivity index (χ4n) is 4.76. The van der Waals surface area contributed by atoms with Crippen molar-refractivity contribution in [3.8, 4) is 6.07 Å². The standard InChI is InChI=1S/C24H29N7/c1-24(2,3)20-8-9-21-27-28-23(31(21)29-20)16-10-12-30(13-11-16)22-18(15-25)14-17-6-4-5-7-19(17)26-22/h8-9,14,16H,4-7,10-13H2,1-3H3. The van der Waals surface area contributed by atoms with Gasteiger partial charge in [0.15, 0.2) is 11.5 Å². The van der Waals surface area contributed by atoms with Gasteiger partial charge >= 0.3 is 0 Å². The zero-order valence-electron chi connectivity index (χ0n) is 18.6. The van der Waals surface area contributed by atoms with E-state index in [0.717, 1.165) is 61.8 Å². The molecule has 0 amide bonds. The molecule has 0 N–H and O–H groups in total. The highest BCUT2D eigenvalue weighted by molar-refractivity contribution is 5.57. The fraction of sp³-hybridized carbons (Fsp3) is 0.542. The van der Waals surface area contributed by atoms with Crippen molar-refractivity contribution >= 4 is 11.5 Å². The Morgan fingerprint density at radius 3 is 2.58 bits per heavy atom. The third-order valence-electron chi connectivity index (χ3n) is 6.62. The molecule has 7 heteroatoms. The van der Waals surface area contributed by atoms with Crippen LogP contribution in [-0.2, 0) is 18.3 Å². The summed E-state index contributed by atoms with van der Waals surface area (Å²) in [5.41, 5.74) is 4.97. The molecule has 0 atom stereocenters. The van der Waals surface area contributed by atoms with E-state index in [4.69, 9.17) is 10.1 Å². The molecule has 0 radical (unpaired) electrons. The van der Waals surface area contributed by atoms with Crippen LogP contribution in [0.4, 0.5) is 5.82 Å². The van der Waals surface area contributed by atoms with E-state index in [1.54, 1.807) is 0 Å². The largest absolute Gasteiger partial charge is 0.355 e. The number of nitrogens with zero attached hydrogens (tertiary/aromatic N) is 7. The Hall–Kier alpha value is -3.01. The highest BCUT2D eigenvalue weighted by atomic mass is 15.4. The molecule has 1 saturated heterocycles. The molecule has 3 aromatic rings. The lowest BCUT2D eigenvalue weighted by Gasteiger charge is -2.33. The summed E-state index contributed by atoms with van der Waals surface area (Å²) >= 11 is 0. The van der Waals surface area contributed by atoms with E-state index in [1.807, 2.05) is 16.6 Å². The maximum Gasteiger partial charge on any atom is 0.177 e. The van der Waals surface area contributed by atoms with Gasteiger partial charge in [0.25, 0.3) is 0 Å². The van der Waals surface area contributed by atoms with Crippen molar-refractivity contribution < 1.29 is 0 Å². The Morgan fingerprint density at radius 1 is 1.06 bits per heavy atom. The first-order valence-corrected chi connectivity index (χ1v) is 11.3. The molecule has 0 spiro atoms. The Balaban J connectivity index is 1.38. The first-order valence-electron chi connectivity index (χ1n) is 11.3. The maximum absolute atomic E-state index is 9.72. The highest BCUT2D eigenvalue weighted by Gasteiger charge is 2.28. The van der Waals surface area contributed by atoms with E-state index in [0.29, 0.717) is 11.5 Å². The van der Waals surface area contributed by atoms with Crippen LogP contribution < -0.4 is 4.90 Å². The van der Waals surface area contributed by atoms with Gasteiger partial charge in [-0.3, -0.25) is 0 Å². The van der Waals surface area contributed by atoms with Crippen LogP contribution in [0.1, 0.15) is 80.7 Å². The second kappa shape index (κ2) is 7.60. The molecule has 3 aromatic heterocycles. The van der Waals surface area contributed by atoms with Crippen LogP contribution in [0.5, 0.6) is 0 Å². The van der Waals surface area contributed by atoms with Gasteiger partial charge in [0.1, 0.15) is 11.9 Å². The van der Waals surface area contributed by atoms with Crippen LogP contribution in [-0.4, -0.2) is 37.9 Å². The minimum atomic E-state index is -0.0229. The number of aromatic nitrogens is 5. The van der Waals surface area contributed by atoms with E-state index in [1.165, 1.54) is 24.1 Å². The summed E-state index contributed by atoms with van der Waals surface area (Å²) in [5.74, 6) is 2.11. The van der Waals surface area contributed by atoms with Crippen LogP contribution in [0.25, 0.3) is 5.65 Å². The van der Waals surface area contributed by atoms with Gasteiger partial charge in [-0.25, -0.2) is 4.98 Å². The van der Waals surface area contributed by atoms with Gasteiger partial charge in [-0.05, 0) is 62.3 Å². The topological polar surface area (TPSA) is 83.0 Å². The zero-order valence-corrected chi connectivity index (χ0v) is 18.6. The third-order valence-corrected chi connectivity index (χ3v) is 6.62. The van der Waals surface area contributed by atoms with E-state index in [9.17, 15) is 5.26 Å². The predicted octanol–water partition coefficient (Wildman–Crippen LogP) is 3.95. The molecule has 1 aliphatic carbocycles. The lowest BCUT2D eigenvalue weighted by Crippen LogP contribution is -2.35. The van der Waals surface area contributed by atoms with Crippen molar-refractivity contribution in [1.82, 2.24) is 24.8 Å². The van der Waals surface area contributed by atoms with E-state index < -0.39 is 0 Å². The summed E-state index contributed by atoms with van der Waals surface area (Å²) in [5, 5.41) is 23.4. The quantitative estimate of drug-likeness (QED) is 0.630. The molecular weight excluding hydrogens is 386 g/mol. The molecule has 5 rings (SSSR count). The zero-order chi connectivity index (χ0) is 21.6. The molecule has 160 valence electrons. The monoisotopic (exact) mass is 415 g/mol. The van der Waals surface area contributed by atoms with Crippen LogP contribution >= 0.6 is 0 Å². The van der Waals surface area contributed by atoms with Crippen molar-refractivity contribution in [2.75, 3.05) is 18.0 Å². The smallest absolute Gasteiger partial charge is 0.177 e. The van der Waals surface area contributed by atoms with Crippen molar-refractivity contribution in [1.29, 1.82) is 5.26 Å². The van der Waals surface area contributed by atoms with Gasteiger partial charge in [0.2, 0.25) is 0 Å². The molecule has 2 aliphatic rings. The second-order valence-electron chi connectivity index (χ2n) is 9.84. The first-order chi connectivity index (χ1) is 14.9. The Morgan fingerprint density at radius 2 is 1.84 bits per heavy atom. The lowest BCUT2D eigenvalue weighted by molar-refractivity contribution is 0.470. The van der Waals surface area contributed by atoms with Gasteiger partial charge in [0, 0.05) is 30.1 Å². The lowest BCUT2D eigenvalue weighted by atomic mass is 9.92. The summed E-state index contributed by atoms with van der Waals surface area (Å²) in [7, 11) is 0. The van der Waals surface area contributed by atoms with E-state index in [-0.39, 0.29) is 5.41 Å². The molecule has 1 fully saturated rings. The molecule has 0 bridgehead atoms. The maximum atomic E-state index is 9.72. The van der Waals surface area contributed by atoms with E-state index in [2.05, 4.69) is 48.0 Å². The Labute approximate surface area is 183 Å². The number of nitriles is 1. The van der Waals surface area contributed by atoms with Gasteiger partial charge in [0.05, 0.1) is 11.3 Å².